The molecule has 1 aliphatic rings. The fourth-order valence-corrected chi connectivity index (χ4v) is 5.56. The summed E-state index contributed by atoms with van der Waals surface area (Å²) in [6, 6.07) is 8.45. The van der Waals surface area contributed by atoms with Crippen LogP contribution < -0.4 is 4.74 Å². The average Bonchev–Trinajstić information content (AvgIpc) is 3.50. The highest BCUT2D eigenvalue weighted by molar-refractivity contribution is 8.07. The van der Waals surface area contributed by atoms with Gasteiger partial charge in [0.1, 0.15) is 0 Å². The molecule has 1 N–H and O–H groups in total. The van der Waals surface area contributed by atoms with Crippen LogP contribution in [-0.4, -0.2) is 53.6 Å². The number of ether oxygens (including phenoxy) is 1. The normalized spacial score (nSPS) is 18.6. The van der Waals surface area contributed by atoms with Gasteiger partial charge >= 0.3 is 6.72 Å². The van der Waals surface area contributed by atoms with E-state index in [2.05, 4.69) is 19.5 Å². The van der Waals surface area contributed by atoms with Crippen LogP contribution in [0.1, 0.15) is 30.9 Å². The van der Waals surface area contributed by atoms with Crippen molar-refractivity contribution in [3.63, 3.8) is 0 Å². The molecule has 1 atom stereocenters. The number of imidazole rings is 2. The Kier molecular flexibility index (Phi) is 7.64. The van der Waals surface area contributed by atoms with Crippen LogP contribution >= 0.6 is 6.72 Å². The topological polar surface area (TPSA) is 163 Å². The molecule has 38 heavy (non-hydrogen) atoms. The minimum absolute atomic E-state index is 0.0450. The van der Waals surface area contributed by atoms with Crippen molar-refractivity contribution in [2.45, 2.75) is 31.7 Å². The lowest BCUT2D eigenvalue weighted by Crippen LogP contribution is -2.29. The van der Waals surface area contributed by atoms with Crippen molar-refractivity contribution in [3.05, 3.63) is 58.7 Å². The van der Waals surface area contributed by atoms with Crippen LogP contribution in [0.4, 0.5) is 5.69 Å². The van der Waals surface area contributed by atoms with E-state index in [1.54, 1.807) is 24.7 Å². The number of hydrogen-bond donors (Lipinski definition) is 1. The highest BCUT2D eigenvalue weighted by atomic mass is 32.5. The number of fused-ring (bicyclic) bond motifs is 3. The third-order valence-electron chi connectivity index (χ3n) is 6.34. The molecule has 0 aliphatic heterocycles. The van der Waals surface area contributed by atoms with Gasteiger partial charge in [-0.2, -0.15) is 10.2 Å². The Hall–Kier alpha value is -3.47. The van der Waals surface area contributed by atoms with E-state index in [0.29, 0.717) is 30.2 Å². The van der Waals surface area contributed by atoms with Crippen LogP contribution in [0.3, 0.4) is 0 Å². The van der Waals surface area contributed by atoms with E-state index in [0.717, 1.165) is 24.1 Å². The van der Waals surface area contributed by atoms with Crippen molar-refractivity contribution >= 4 is 41.2 Å². The van der Waals surface area contributed by atoms with Crippen LogP contribution in [0.2, 0.25) is 0 Å². The monoisotopic (exact) mass is 557 g/mol. The maximum absolute atomic E-state index is 10.9. The molecule has 3 heterocycles. The number of nitriles is 1. The summed E-state index contributed by atoms with van der Waals surface area (Å²) in [7, 11) is 0. The number of hydrogen-bond acceptors (Lipinski definition) is 10. The molecule has 15 heteroatoms. The molecule has 0 bridgehead atoms. The second kappa shape index (κ2) is 11.1. The van der Waals surface area contributed by atoms with Crippen molar-refractivity contribution < 1.29 is 23.6 Å². The van der Waals surface area contributed by atoms with Crippen molar-refractivity contribution in [1.29, 1.82) is 5.26 Å². The van der Waals surface area contributed by atoms with Crippen molar-refractivity contribution in [1.82, 2.24) is 23.9 Å². The van der Waals surface area contributed by atoms with E-state index in [-0.39, 0.29) is 37.3 Å². The predicted octanol–water partition coefficient (Wildman–Crippen LogP) is 3.72. The molecule has 0 amide bonds. The van der Waals surface area contributed by atoms with Gasteiger partial charge in [-0.05, 0) is 36.1 Å². The number of nitro groups is 1. The summed E-state index contributed by atoms with van der Waals surface area (Å²) < 4.78 is 20.5. The Morgan fingerprint density at radius 2 is 2.03 bits per heavy atom. The summed E-state index contributed by atoms with van der Waals surface area (Å²) in [5, 5.41) is 19.4. The van der Waals surface area contributed by atoms with Gasteiger partial charge in [0.15, 0.2) is 11.2 Å². The summed E-state index contributed by atoms with van der Waals surface area (Å²) in [5.74, 6) is 1.05. The molecular formula is C23H24N7O6PS. The summed E-state index contributed by atoms with van der Waals surface area (Å²) in [6.07, 6.45) is 7.53. The van der Waals surface area contributed by atoms with Gasteiger partial charge in [-0.25, -0.2) is 9.97 Å². The highest BCUT2D eigenvalue weighted by Crippen LogP contribution is 2.47. The van der Waals surface area contributed by atoms with Gasteiger partial charge in [-0.3, -0.25) is 14.5 Å². The number of non-ortho nitro benzene ring substituents is 1. The standard InChI is InChI=1S/C23H24N7O6PS/c24-7-1-10-35-37(33,38)36-14-17-12-19(13-17)29-15-26-20-21(27-23-25-8-9-28(23)22(20)29)34-11-6-16-2-4-18(5-3-16)30(31)32/h2-5,8-9,15,17,19H,1,6,10-14H2,(H,33,38). The molecule has 3 aromatic heterocycles. The van der Waals surface area contributed by atoms with Crippen molar-refractivity contribution in [2.75, 3.05) is 19.8 Å². The highest BCUT2D eigenvalue weighted by Gasteiger charge is 2.34. The lowest BCUT2D eigenvalue weighted by molar-refractivity contribution is -0.384. The van der Waals surface area contributed by atoms with E-state index >= 15 is 0 Å². The summed E-state index contributed by atoms with van der Waals surface area (Å²) in [4.78, 5) is 34.0. The Morgan fingerprint density at radius 1 is 1.24 bits per heavy atom. The molecular weight excluding hydrogens is 533 g/mol. The largest absolute Gasteiger partial charge is 0.476 e. The lowest BCUT2D eigenvalue weighted by Gasteiger charge is -2.36. The fraction of sp³-hybridized carbons (Fsp3) is 0.391. The molecule has 0 spiro atoms. The van der Waals surface area contributed by atoms with Gasteiger partial charge in [0.2, 0.25) is 11.7 Å². The molecule has 1 fully saturated rings. The van der Waals surface area contributed by atoms with E-state index in [4.69, 9.17) is 30.9 Å². The first kappa shape index (κ1) is 26.1. The van der Waals surface area contributed by atoms with E-state index < -0.39 is 11.6 Å². The van der Waals surface area contributed by atoms with Gasteiger partial charge in [0, 0.05) is 37.0 Å². The minimum Gasteiger partial charge on any atom is -0.476 e. The number of benzene rings is 1. The summed E-state index contributed by atoms with van der Waals surface area (Å²) in [6.45, 7) is -2.71. The van der Waals surface area contributed by atoms with Gasteiger partial charge in [0.05, 0.1) is 43.6 Å². The second-order valence-corrected chi connectivity index (χ2v) is 11.7. The molecule has 1 aromatic carbocycles. The van der Waals surface area contributed by atoms with E-state index in [1.165, 1.54) is 12.1 Å². The molecule has 1 unspecified atom stereocenters. The van der Waals surface area contributed by atoms with Crippen LogP contribution in [-0.2, 0) is 27.3 Å². The molecule has 5 rings (SSSR count). The first-order chi connectivity index (χ1) is 18.3. The molecule has 0 radical (unpaired) electrons. The van der Waals surface area contributed by atoms with Gasteiger partial charge < -0.3 is 23.2 Å². The molecule has 4 aromatic rings. The van der Waals surface area contributed by atoms with E-state index in [1.807, 2.05) is 16.7 Å². The van der Waals surface area contributed by atoms with Crippen LogP contribution in [0.15, 0.2) is 43.0 Å². The smallest absolute Gasteiger partial charge is 0.324 e. The zero-order chi connectivity index (χ0) is 26.7. The molecule has 13 nitrogen and oxygen atoms in total. The zero-order valence-corrected chi connectivity index (χ0v) is 21.8. The third kappa shape index (κ3) is 5.67. The SMILES string of the molecule is N#CCCOP(O)(=S)OCC1CC(n2cnc3c(OCCc4ccc([N+](=O)[O-])cc4)nc4nccn4c32)C1. The van der Waals surface area contributed by atoms with Crippen LogP contribution in [0.25, 0.3) is 16.9 Å². The minimum atomic E-state index is -3.35. The van der Waals surface area contributed by atoms with Crippen molar-refractivity contribution in [2.24, 2.45) is 5.92 Å². The number of rotatable bonds is 12. The maximum Gasteiger partial charge on any atom is 0.324 e. The first-order valence-electron chi connectivity index (χ1n) is 11.9. The Morgan fingerprint density at radius 3 is 2.76 bits per heavy atom. The van der Waals surface area contributed by atoms with Gasteiger partial charge in [0.25, 0.3) is 5.69 Å². The lowest BCUT2D eigenvalue weighted by atomic mass is 9.81. The fourth-order valence-electron chi connectivity index (χ4n) is 4.36. The van der Waals surface area contributed by atoms with Crippen LogP contribution in [0, 0.1) is 27.4 Å². The molecule has 0 saturated heterocycles. The van der Waals surface area contributed by atoms with Gasteiger partial charge in [-0.15, -0.1) is 0 Å². The number of aromatic nitrogens is 5. The molecule has 1 aliphatic carbocycles. The second-order valence-electron chi connectivity index (χ2n) is 8.86. The number of nitro benzene ring substituents is 1. The number of nitrogens with zero attached hydrogens (tertiary/aromatic N) is 7. The molecule has 1 saturated carbocycles. The maximum atomic E-state index is 10.9. The average molecular weight is 558 g/mol. The first-order valence-corrected chi connectivity index (χ1v) is 14.5. The Balaban J connectivity index is 1.25. The Labute approximate surface area is 222 Å². The van der Waals surface area contributed by atoms with E-state index in [9.17, 15) is 15.0 Å². The van der Waals surface area contributed by atoms with Crippen LogP contribution in [0.5, 0.6) is 5.88 Å². The van der Waals surface area contributed by atoms with Gasteiger partial charge in [-0.1, -0.05) is 12.1 Å². The predicted molar refractivity (Wildman–Crippen MR) is 139 cm³/mol. The quantitative estimate of drug-likeness (QED) is 0.117. The summed E-state index contributed by atoms with van der Waals surface area (Å²) >= 11 is 5.00. The third-order valence-corrected chi connectivity index (χ3v) is 7.96. The zero-order valence-electron chi connectivity index (χ0n) is 20.1. The van der Waals surface area contributed by atoms with Crippen molar-refractivity contribution in [3.8, 4) is 11.9 Å². The molecule has 198 valence electrons. The summed E-state index contributed by atoms with van der Waals surface area (Å²) in [5.41, 5.74) is 2.37. The Bertz CT molecular complexity index is 1540.